The van der Waals surface area contributed by atoms with Gasteiger partial charge in [0.2, 0.25) is 0 Å². The second-order valence-electron chi connectivity index (χ2n) is 11.8. The lowest BCUT2D eigenvalue weighted by molar-refractivity contribution is 0.926. The summed E-state index contributed by atoms with van der Waals surface area (Å²) in [6, 6.07) is 47.1. The van der Waals surface area contributed by atoms with Crippen molar-refractivity contribution in [2.75, 3.05) is 9.80 Å². The van der Waals surface area contributed by atoms with Crippen molar-refractivity contribution in [2.45, 2.75) is 12.5 Å². The summed E-state index contributed by atoms with van der Waals surface area (Å²) < 4.78 is 0. The van der Waals surface area contributed by atoms with E-state index in [9.17, 15) is 0 Å². The van der Waals surface area contributed by atoms with Crippen molar-refractivity contribution >= 4 is 61.9 Å². The fourth-order valence-corrected chi connectivity index (χ4v) is 7.13. The Hall–Kier alpha value is -6.00. The van der Waals surface area contributed by atoms with Gasteiger partial charge in [-0.3, -0.25) is 4.90 Å². The normalized spacial score (nSPS) is 14.7. The number of hydrogen-bond acceptors (Lipinski definition) is 4. The molecule has 9 rings (SSSR count). The van der Waals surface area contributed by atoms with Gasteiger partial charge in [0.1, 0.15) is 11.6 Å². The van der Waals surface area contributed by atoms with E-state index in [-0.39, 0.29) is 6.04 Å². The highest BCUT2D eigenvalue weighted by atomic mass is 15.2. The highest BCUT2D eigenvalue weighted by Crippen LogP contribution is 2.48. The van der Waals surface area contributed by atoms with Gasteiger partial charge in [0.15, 0.2) is 0 Å². The molecular formula is C42H30N4. The van der Waals surface area contributed by atoms with E-state index in [0.29, 0.717) is 0 Å². The number of anilines is 5. The largest absolute Gasteiger partial charge is 0.315 e. The van der Waals surface area contributed by atoms with Crippen LogP contribution in [0, 0.1) is 0 Å². The Labute approximate surface area is 268 Å². The number of fused-ring (bicyclic) bond motifs is 1. The average Bonchev–Trinajstić information content (AvgIpc) is 3.13. The Morgan fingerprint density at radius 3 is 2.20 bits per heavy atom. The van der Waals surface area contributed by atoms with Crippen molar-refractivity contribution in [1.82, 2.24) is 9.97 Å². The van der Waals surface area contributed by atoms with Crippen LogP contribution < -0.4 is 9.80 Å². The molecule has 0 spiro atoms. The Bertz CT molecular complexity index is 2250. The molecular weight excluding hydrogens is 560 g/mol. The van der Waals surface area contributed by atoms with E-state index in [1.54, 1.807) is 0 Å². The molecule has 2 aromatic heterocycles. The minimum Gasteiger partial charge on any atom is -0.315 e. The molecule has 0 saturated carbocycles. The molecule has 4 nitrogen and oxygen atoms in total. The van der Waals surface area contributed by atoms with E-state index in [0.717, 1.165) is 40.5 Å². The molecule has 5 aromatic carbocycles. The minimum absolute atomic E-state index is 0.000382. The van der Waals surface area contributed by atoms with Crippen LogP contribution in [0.2, 0.25) is 0 Å². The molecule has 218 valence electrons. The van der Waals surface area contributed by atoms with Crippen molar-refractivity contribution in [1.29, 1.82) is 0 Å². The zero-order valence-corrected chi connectivity index (χ0v) is 25.2. The van der Waals surface area contributed by atoms with Gasteiger partial charge < -0.3 is 4.90 Å². The monoisotopic (exact) mass is 590 g/mol. The Balaban J connectivity index is 1.24. The minimum atomic E-state index is -0.000382. The number of benzene rings is 5. The van der Waals surface area contributed by atoms with Gasteiger partial charge >= 0.3 is 0 Å². The number of pyridine rings is 2. The van der Waals surface area contributed by atoms with Crippen LogP contribution in [0.15, 0.2) is 158 Å². The van der Waals surface area contributed by atoms with Crippen LogP contribution in [-0.2, 0) is 6.42 Å². The number of aromatic nitrogens is 2. The molecule has 0 fully saturated rings. The topological polar surface area (TPSA) is 32.3 Å². The van der Waals surface area contributed by atoms with E-state index in [2.05, 4.69) is 155 Å². The average molecular weight is 591 g/mol. The molecule has 2 aliphatic carbocycles. The van der Waals surface area contributed by atoms with Crippen LogP contribution in [0.25, 0.3) is 33.2 Å². The maximum atomic E-state index is 5.00. The van der Waals surface area contributed by atoms with Crippen molar-refractivity contribution < 1.29 is 0 Å². The molecule has 0 bridgehead atoms. The summed E-state index contributed by atoms with van der Waals surface area (Å²) in [5.74, 6) is 1.82. The first-order valence-electron chi connectivity index (χ1n) is 15.8. The van der Waals surface area contributed by atoms with Crippen molar-refractivity contribution in [3.05, 3.63) is 175 Å². The quantitative estimate of drug-likeness (QED) is 0.193. The summed E-state index contributed by atoms with van der Waals surface area (Å²) in [6.45, 7) is 0. The van der Waals surface area contributed by atoms with Gasteiger partial charge in [-0.1, -0.05) is 103 Å². The molecule has 1 atom stereocenters. The molecule has 2 aliphatic rings. The van der Waals surface area contributed by atoms with Crippen LogP contribution in [-0.4, -0.2) is 16.0 Å². The Morgan fingerprint density at radius 1 is 0.630 bits per heavy atom. The maximum absolute atomic E-state index is 5.00. The molecule has 0 saturated heterocycles. The highest BCUT2D eigenvalue weighted by Gasteiger charge is 2.32. The van der Waals surface area contributed by atoms with E-state index >= 15 is 0 Å². The molecule has 0 amide bonds. The maximum Gasteiger partial charge on any atom is 0.138 e. The third-order valence-corrected chi connectivity index (χ3v) is 9.19. The second-order valence-corrected chi connectivity index (χ2v) is 11.8. The lowest BCUT2D eigenvalue weighted by Gasteiger charge is -2.37. The third-order valence-electron chi connectivity index (χ3n) is 9.19. The predicted octanol–water partition coefficient (Wildman–Crippen LogP) is 10.4. The molecule has 46 heavy (non-hydrogen) atoms. The zero-order valence-electron chi connectivity index (χ0n) is 25.2. The number of allylic oxidation sites excluding steroid dienone is 1. The lowest BCUT2D eigenvalue weighted by atomic mass is 9.78. The summed E-state index contributed by atoms with van der Waals surface area (Å²) in [5.41, 5.74) is 8.53. The van der Waals surface area contributed by atoms with Gasteiger partial charge in [-0.25, -0.2) is 9.97 Å². The van der Waals surface area contributed by atoms with Gasteiger partial charge in [0, 0.05) is 34.5 Å². The number of rotatable bonds is 6. The molecule has 4 heteroatoms. The van der Waals surface area contributed by atoms with E-state index in [1.807, 2.05) is 18.5 Å². The summed E-state index contributed by atoms with van der Waals surface area (Å²) in [4.78, 5) is 14.5. The molecule has 1 unspecified atom stereocenters. The molecule has 0 radical (unpaired) electrons. The van der Waals surface area contributed by atoms with Gasteiger partial charge in [-0.2, -0.15) is 0 Å². The summed E-state index contributed by atoms with van der Waals surface area (Å²) in [7, 11) is 0. The fourth-order valence-electron chi connectivity index (χ4n) is 7.13. The highest BCUT2D eigenvalue weighted by molar-refractivity contribution is 6.10. The van der Waals surface area contributed by atoms with Crippen LogP contribution in [0.5, 0.6) is 0 Å². The number of para-hydroxylation sites is 2. The predicted molar refractivity (Wildman–Crippen MR) is 191 cm³/mol. The van der Waals surface area contributed by atoms with Crippen LogP contribution in [0.4, 0.5) is 28.7 Å². The van der Waals surface area contributed by atoms with Crippen molar-refractivity contribution in [2.24, 2.45) is 0 Å². The third kappa shape index (κ3) is 4.30. The van der Waals surface area contributed by atoms with Crippen LogP contribution in [0.3, 0.4) is 0 Å². The van der Waals surface area contributed by atoms with Gasteiger partial charge in [-0.15, -0.1) is 0 Å². The molecule has 0 aliphatic heterocycles. The first-order chi connectivity index (χ1) is 22.8. The van der Waals surface area contributed by atoms with Gasteiger partial charge in [0.25, 0.3) is 0 Å². The van der Waals surface area contributed by atoms with E-state index in [4.69, 9.17) is 9.97 Å². The SMILES string of the molecule is C1=CC(N(c2ccccc2)c2ccccn2)C2=CCc3ccc(N(c4ccccc4)c4cc5ccccc5cn4)c4ccc1c2c34. The molecule has 0 N–H and O–H groups in total. The summed E-state index contributed by atoms with van der Waals surface area (Å²) >= 11 is 0. The summed E-state index contributed by atoms with van der Waals surface area (Å²) in [6.07, 6.45) is 11.8. The van der Waals surface area contributed by atoms with Crippen LogP contribution in [0.1, 0.15) is 16.7 Å². The van der Waals surface area contributed by atoms with Gasteiger partial charge in [-0.05, 0) is 88.0 Å². The smallest absolute Gasteiger partial charge is 0.138 e. The number of hydrogen-bond donors (Lipinski definition) is 0. The number of nitrogens with zero attached hydrogens (tertiary/aromatic N) is 4. The zero-order chi connectivity index (χ0) is 30.5. The fraction of sp³-hybridized carbons (Fsp3) is 0.0476. The van der Waals surface area contributed by atoms with Gasteiger partial charge in [0.05, 0.1) is 11.7 Å². The standard InChI is InChI=1S/C42H30N4/c1-3-13-33(14-4-1)45(39-17-9-10-26-43-39)37-24-20-29-19-23-36-38(25-21-30-18-22-35(37)41(29)42(30)36)46(34-15-5-2-6-16-34)40-27-31-11-7-8-12-32(31)28-44-40/h1-17,19-28,37H,18H2. The molecule has 2 heterocycles. The Kier molecular flexibility index (Phi) is 6.24. The van der Waals surface area contributed by atoms with Crippen molar-refractivity contribution in [3.8, 4) is 0 Å². The van der Waals surface area contributed by atoms with E-state index < -0.39 is 0 Å². The van der Waals surface area contributed by atoms with Crippen LogP contribution >= 0.6 is 0 Å². The summed E-state index contributed by atoms with van der Waals surface area (Å²) in [5, 5.41) is 4.84. The first kappa shape index (κ1) is 26.4. The van der Waals surface area contributed by atoms with E-state index in [1.165, 1.54) is 38.4 Å². The Morgan fingerprint density at radius 2 is 1.39 bits per heavy atom. The first-order valence-corrected chi connectivity index (χ1v) is 15.8. The lowest BCUT2D eigenvalue weighted by Crippen LogP contribution is -2.33. The molecule has 7 aromatic rings. The second kappa shape index (κ2) is 10.9. The van der Waals surface area contributed by atoms with Crippen molar-refractivity contribution in [3.63, 3.8) is 0 Å².